The Labute approximate surface area is 126 Å². The number of methoxy groups -OCH3 is 2. The SMILES string of the molecule is COC(=O)C1=C(C)N=C(OC)NC1c1ccc([N+](=O)[O-])cc1. The minimum Gasteiger partial charge on any atom is -0.468 e. The topological polar surface area (TPSA) is 103 Å². The molecule has 0 aromatic heterocycles. The van der Waals surface area contributed by atoms with Gasteiger partial charge in [-0.2, -0.15) is 0 Å². The van der Waals surface area contributed by atoms with Crippen LogP contribution >= 0.6 is 0 Å². The van der Waals surface area contributed by atoms with E-state index in [9.17, 15) is 14.9 Å². The standard InChI is InChI=1S/C14H15N3O5/c1-8-11(13(18)21-2)12(16-14(15-8)22-3)9-4-6-10(7-5-9)17(19)20/h4-7,12H,1-3H3,(H,15,16). The Bertz CT molecular complexity index is 664. The molecule has 8 heteroatoms. The van der Waals surface area contributed by atoms with Gasteiger partial charge in [0.2, 0.25) is 0 Å². The van der Waals surface area contributed by atoms with Crippen LogP contribution in [-0.2, 0) is 14.3 Å². The third-order valence-corrected chi connectivity index (χ3v) is 3.25. The first-order valence-corrected chi connectivity index (χ1v) is 6.40. The molecule has 0 spiro atoms. The Balaban J connectivity index is 2.45. The van der Waals surface area contributed by atoms with Gasteiger partial charge in [0, 0.05) is 12.1 Å². The summed E-state index contributed by atoms with van der Waals surface area (Å²) in [6.07, 6.45) is 0. The highest BCUT2D eigenvalue weighted by atomic mass is 16.6. The van der Waals surface area contributed by atoms with Crippen LogP contribution in [0, 0.1) is 10.1 Å². The number of nitro benzene ring substituents is 1. The number of esters is 1. The van der Waals surface area contributed by atoms with E-state index in [-0.39, 0.29) is 11.7 Å². The Morgan fingerprint density at radius 3 is 2.45 bits per heavy atom. The summed E-state index contributed by atoms with van der Waals surface area (Å²) in [4.78, 5) is 26.4. The van der Waals surface area contributed by atoms with Crippen molar-refractivity contribution in [2.45, 2.75) is 13.0 Å². The first-order chi connectivity index (χ1) is 10.5. The van der Waals surface area contributed by atoms with Gasteiger partial charge >= 0.3 is 5.97 Å². The van der Waals surface area contributed by atoms with Crippen molar-refractivity contribution in [3.63, 3.8) is 0 Å². The molecule has 0 bridgehead atoms. The number of rotatable bonds is 3. The molecular weight excluding hydrogens is 290 g/mol. The van der Waals surface area contributed by atoms with Crippen molar-refractivity contribution in [1.82, 2.24) is 5.32 Å². The summed E-state index contributed by atoms with van der Waals surface area (Å²) in [6.45, 7) is 1.67. The molecule has 0 amide bonds. The summed E-state index contributed by atoms with van der Waals surface area (Å²) in [5, 5.41) is 13.7. The van der Waals surface area contributed by atoms with Crippen LogP contribution in [0.15, 0.2) is 40.5 Å². The molecule has 1 aliphatic heterocycles. The normalized spacial score (nSPS) is 17.4. The summed E-state index contributed by atoms with van der Waals surface area (Å²) in [5.74, 6) is -0.521. The van der Waals surface area contributed by atoms with Crippen LogP contribution < -0.4 is 5.32 Å². The van der Waals surface area contributed by atoms with E-state index in [1.807, 2.05) is 0 Å². The van der Waals surface area contributed by atoms with Crippen LogP contribution in [0.2, 0.25) is 0 Å². The molecule has 116 valence electrons. The van der Waals surface area contributed by atoms with Gasteiger partial charge in [0.15, 0.2) is 0 Å². The lowest BCUT2D eigenvalue weighted by Crippen LogP contribution is -2.36. The quantitative estimate of drug-likeness (QED) is 0.518. The highest BCUT2D eigenvalue weighted by Crippen LogP contribution is 2.30. The summed E-state index contributed by atoms with van der Waals surface area (Å²) in [5.41, 5.74) is 1.43. The predicted octanol–water partition coefficient (Wildman–Crippen LogP) is 1.69. The highest BCUT2D eigenvalue weighted by molar-refractivity contribution is 5.94. The van der Waals surface area contributed by atoms with Gasteiger partial charge in [-0.05, 0) is 24.6 Å². The molecule has 8 nitrogen and oxygen atoms in total. The Morgan fingerprint density at radius 1 is 1.32 bits per heavy atom. The van der Waals surface area contributed by atoms with Gasteiger partial charge in [-0.15, -0.1) is 0 Å². The number of hydrogen-bond donors (Lipinski definition) is 1. The van der Waals surface area contributed by atoms with Crippen LogP contribution in [0.25, 0.3) is 0 Å². The van der Waals surface area contributed by atoms with E-state index in [1.165, 1.54) is 26.4 Å². The molecule has 0 saturated carbocycles. The molecular formula is C14H15N3O5. The second kappa shape index (κ2) is 6.25. The van der Waals surface area contributed by atoms with Crippen molar-refractivity contribution < 1.29 is 19.2 Å². The van der Waals surface area contributed by atoms with Crippen molar-refractivity contribution >= 4 is 17.7 Å². The molecule has 1 N–H and O–H groups in total. The molecule has 1 aromatic rings. The van der Waals surface area contributed by atoms with Gasteiger partial charge in [-0.3, -0.25) is 10.1 Å². The first-order valence-electron chi connectivity index (χ1n) is 6.40. The lowest BCUT2D eigenvalue weighted by atomic mass is 9.96. The average Bonchev–Trinajstić information content (AvgIpc) is 2.53. The zero-order valence-electron chi connectivity index (χ0n) is 12.3. The number of carbonyl (C=O) groups is 1. The molecule has 0 saturated heterocycles. The number of hydrogen-bond acceptors (Lipinski definition) is 7. The van der Waals surface area contributed by atoms with Crippen molar-refractivity contribution in [1.29, 1.82) is 0 Å². The fraction of sp³-hybridized carbons (Fsp3) is 0.286. The van der Waals surface area contributed by atoms with Crippen molar-refractivity contribution in [2.75, 3.05) is 14.2 Å². The van der Waals surface area contributed by atoms with Crippen LogP contribution in [0.5, 0.6) is 0 Å². The number of nitrogens with one attached hydrogen (secondary N) is 1. The third-order valence-electron chi connectivity index (χ3n) is 3.25. The van der Waals surface area contributed by atoms with E-state index in [2.05, 4.69) is 10.3 Å². The summed E-state index contributed by atoms with van der Waals surface area (Å²) in [7, 11) is 2.74. The number of aliphatic imine (C=N–C) groups is 1. The molecule has 1 atom stereocenters. The number of carbonyl (C=O) groups excluding carboxylic acids is 1. The van der Waals surface area contributed by atoms with E-state index in [0.717, 1.165) is 0 Å². The molecule has 1 aromatic carbocycles. The van der Waals surface area contributed by atoms with E-state index >= 15 is 0 Å². The molecule has 2 rings (SSSR count). The molecule has 1 aliphatic rings. The summed E-state index contributed by atoms with van der Waals surface area (Å²) < 4.78 is 9.87. The monoisotopic (exact) mass is 305 g/mol. The molecule has 0 fully saturated rings. The van der Waals surface area contributed by atoms with Crippen LogP contribution in [0.1, 0.15) is 18.5 Å². The number of ether oxygens (including phenoxy) is 2. The molecule has 0 aliphatic carbocycles. The maximum Gasteiger partial charge on any atom is 0.338 e. The van der Waals surface area contributed by atoms with Gasteiger partial charge in [-0.25, -0.2) is 9.79 Å². The van der Waals surface area contributed by atoms with E-state index in [0.29, 0.717) is 16.8 Å². The van der Waals surface area contributed by atoms with E-state index in [1.54, 1.807) is 19.1 Å². The maximum absolute atomic E-state index is 12.0. The van der Waals surface area contributed by atoms with E-state index in [4.69, 9.17) is 9.47 Å². The summed E-state index contributed by atoms with van der Waals surface area (Å²) in [6, 6.07) is 5.60. The zero-order chi connectivity index (χ0) is 16.3. The minimum absolute atomic E-state index is 0.0273. The molecule has 1 unspecified atom stereocenters. The van der Waals surface area contributed by atoms with Crippen molar-refractivity contribution in [2.24, 2.45) is 4.99 Å². The number of amidine groups is 1. The number of nitro groups is 1. The van der Waals surface area contributed by atoms with Gasteiger partial charge in [0.05, 0.1) is 36.5 Å². The maximum atomic E-state index is 12.0. The van der Waals surface area contributed by atoms with Crippen molar-refractivity contribution in [3.8, 4) is 0 Å². The fourth-order valence-corrected chi connectivity index (χ4v) is 2.17. The van der Waals surface area contributed by atoms with E-state index < -0.39 is 16.9 Å². The Morgan fingerprint density at radius 2 is 1.95 bits per heavy atom. The zero-order valence-corrected chi connectivity index (χ0v) is 12.3. The molecule has 0 radical (unpaired) electrons. The lowest BCUT2D eigenvalue weighted by Gasteiger charge is -2.26. The largest absolute Gasteiger partial charge is 0.468 e. The Hall–Kier alpha value is -2.90. The molecule has 1 heterocycles. The number of allylic oxidation sites excluding steroid dienone is 1. The number of non-ortho nitro benzene ring substituents is 1. The van der Waals surface area contributed by atoms with Crippen LogP contribution in [-0.4, -0.2) is 31.1 Å². The number of nitrogens with zero attached hydrogens (tertiary/aromatic N) is 2. The Kier molecular flexibility index (Phi) is 4.40. The molecule has 22 heavy (non-hydrogen) atoms. The van der Waals surface area contributed by atoms with Gasteiger partial charge in [0.1, 0.15) is 0 Å². The lowest BCUT2D eigenvalue weighted by molar-refractivity contribution is -0.384. The van der Waals surface area contributed by atoms with Gasteiger partial charge in [0.25, 0.3) is 11.7 Å². The summed E-state index contributed by atoms with van der Waals surface area (Å²) >= 11 is 0. The average molecular weight is 305 g/mol. The second-order valence-electron chi connectivity index (χ2n) is 4.54. The predicted molar refractivity (Wildman–Crippen MR) is 78.1 cm³/mol. The van der Waals surface area contributed by atoms with Crippen LogP contribution in [0.4, 0.5) is 5.69 Å². The van der Waals surface area contributed by atoms with Crippen LogP contribution in [0.3, 0.4) is 0 Å². The third kappa shape index (κ3) is 2.90. The number of benzene rings is 1. The van der Waals surface area contributed by atoms with Gasteiger partial charge in [-0.1, -0.05) is 0 Å². The first kappa shape index (κ1) is 15.5. The van der Waals surface area contributed by atoms with Crippen molar-refractivity contribution in [3.05, 3.63) is 51.2 Å². The fourth-order valence-electron chi connectivity index (χ4n) is 2.17. The minimum atomic E-state index is -0.555. The smallest absolute Gasteiger partial charge is 0.338 e. The highest BCUT2D eigenvalue weighted by Gasteiger charge is 2.30. The second-order valence-corrected chi connectivity index (χ2v) is 4.54. The van der Waals surface area contributed by atoms with Gasteiger partial charge < -0.3 is 14.8 Å².